The number of aryl methyl sites for hydroxylation is 1. The number of nitro groups is 1. The third kappa shape index (κ3) is 4.33. The SMILES string of the molecule is COc1ccc([N+](=O)[O-])cc1NC(=O)N/C=C/c1ccccc1C. The summed E-state index contributed by atoms with van der Waals surface area (Å²) in [4.78, 5) is 22.2. The van der Waals surface area contributed by atoms with Gasteiger partial charge in [0.2, 0.25) is 0 Å². The Kier molecular flexibility index (Phi) is 5.51. The molecule has 0 atom stereocenters. The van der Waals surface area contributed by atoms with Gasteiger partial charge in [-0.2, -0.15) is 0 Å². The van der Waals surface area contributed by atoms with Crippen molar-refractivity contribution < 1.29 is 14.5 Å². The van der Waals surface area contributed by atoms with Crippen molar-refractivity contribution >= 4 is 23.5 Å². The number of non-ortho nitro benzene ring substituents is 1. The lowest BCUT2D eigenvalue weighted by Gasteiger charge is -2.09. The standard InChI is InChI=1S/C17H17N3O4/c1-12-5-3-4-6-13(12)9-10-18-17(21)19-15-11-14(20(22)23)7-8-16(15)24-2/h3-11H,1-2H3,(H2,18,19,21)/b10-9+. The van der Waals surface area contributed by atoms with Crippen LogP contribution in [0.5, 0.6) is 5.75 Å². The maximum Gasteiger partial charge on any atom is 0.323 e. The molecule has 2 aromatic carbocycles. The van der Waals surface area contributed by atoms with Crippen LogP contribution in [0.1, 0.15) is 11.1 Å². The Bertz CT molecular complexity index is 787. The van der Waals surface area contributed by atoms with E-state index in [-0.39, 0.29) is 11.4 Å². The lowest BCUT2D eigenvalue weighted by molar-refractivity contribution is -0.384. The van der Waals surface area contributed by atoms with Crippen LogP contribution in [0.15, 0.2) is 48.7 Å². The van der Waals surface area contributed by atoms with E-state index in [4.69, 9.17) is 4.74 Å². The first kappa shape index (κ1) is 17.0. The van der Waals surface area contributed by atoms with E-state index in [1.807, 2.05) is 31.2 Å². The number of nitro benzene ring substituents is 1. The van der Waals surface area contributed by atoms with Crippen LogP contribution < -0.4 is 15.4 Å². The quantitative estimate of drug-likeness (QED) is 0.646. The van der Waals surface area contributed by atoms with E-state index in [0.717, 1.165) is 11.1 Å². The molecule has 2 rings (SSSR count). The van der Waals surface area contributed by atoms with Crippen LogP contribution in [-0.4, -0.2) is 18.1 Å². The fourth-order valence-corrected chi connectivity index (χ4v) is 2.05. The summed E-state index contributed by atoms with van der Waals surface area (Å²) in [6.45, 7) is 1.97. The zero-order valence-corrected chi connectivity index (χ0v) is 13.3. The van der Waals surface area contributed by atoms with Gasteiger partial charge in [-0.3, -0.25) is 10.1 Å². The first-order valence-corrected chi connectivity index (χ1v) is 7.13. The first-order chi connectivity index (χ1) is 11.5. The molecule has 124 valence electrons. The molecule has 0 heterocycles. The Morgan fingerprint density at radius 3 is 2.67 bits per heavy atom. The number of urea groups is 1. The molecule has 24 heavy (non-hydrogen) atoms. The molecular formula is C17H17N3O4. The maximum atomic E-state index is 11.9. The van der Waals surface area contributed by atoms with E-state index < -0.39 is 11.0 Å². The Morgan fingerprint density at radius 2 is 2.00 bits per heavy atom. The number of carbonyl (C=O) groups excluding carboxylic acids is 1. The van der Waals surface area contributed by atoms with Crippen LogP contribution in [0.25, 0.3) is 6.08 Å². The molecule has 2 amide bonds. The molecule has 7 heteroatoms. The monoisotopic (exact) mass is 327 g/mol. The minimum atomic E-state index is -0.541. The molecule has 2 N–H and O–H groups in total. The van der Waals surface area contributed by atoms with E-state index in [0.29, 0.717) is 5.75 Å². The van der Waals surface area contributed by atoms with Crippen molar-refractivity contribution in [2.75, 3.05) is 12.4 Å². The second kappa shape index (κ2) is 7.77. The number of hydrogen-bond acceptors (Lipinski definition) is 4. The molecule has 0 unspecified atom stereocenters. The molecule has 0 saturated carbocycles. The molecule has 0 saturated heterocycles. The first-order valence-electron chi connectivity index (χ1n) is 7.13. The summed E-state index contributed by atoms with van der Waals surface area (Å²) < 4.78 is 5.09. The van der Waals surface area contributed by atoms with Gasteiger partial charge in [0.05, 0.1) is 17.7 Å². The molecule has 2 aromatic rings. The van der Waals surface area contributed by atoms with Crippen molar-refractivity contribution in [1.82, 2.24) is 5.32 Å². The molecule has 0 aromatic heterocycles. The second-order valence-electron chi connectivity index (χ2n) is 4.93. The van der Waals surface area contributed by atoms with Crippen molar-refractivity contribution in [2.45, 2.75) is 6.92 Å². The Labute approximate surface area is 139 Å². The van der Waals surface area contributed by atoms with Crippen LogP contribution in [0.2, 0.25) is 0 Å². The van der Waals surface area contributed by atoms with Gasteiger partial charge in [0.15, 0.2) is 0 Å². The second-order valence-corrected chi connectivity index (χ2v) is 4.93. The van der Waals surface area contributed by atoms with E-state index in [2.05, 4.69) is 10.6 Å². The van der Waals surface area contributed by atoms with Gasteiger partial charge in [0.25, 0.3) is 5.69 Å². The average molecular weight is 327 g/mol. The number of ether oxygens (including phenoxy) is 1. The highest BCUT2D eigenvalue weighted by molar-refractivity contribution is 5.92. The van der Waals surface area contributed by atoms with Crippen molar-refractivity contribution in [3.8, 4) is 5.75 Å². The number of methoxy groups -OCH3 is 1. The zero-order chi connectivity index (χ0) is 17.5. The minimum Gasteiger partial charge on any atom is -0.495 e. The summed E-state index contributed by atoms with van der Waals surface area (Å²) >= 11 is 0. The number of carbonyl (C=O) groups is 1. The van der Waals surface area contributed by atoms with Gasteiger partial charge >= 0.3 is 6.03 Å². The highest BCUT2D eigenvalue weighted by atomic mass is 16.6. The molecule has 0 spiro atoms. The van der Waals surface area contributed by atoms with Crippen LogP contribution in [0, 0.1) is 17.0 Å². The number of nitrogens with one attached hydrogen (secondary N) is 2. The Hall–Kier alpha value is -3.35. The third-order valence-corrected chi connectivity index (χ3v) is 3.31. The number of nitrogens with zero attached hydrogens (tertiary/aromatic N) is 1. The van der Waals surface area contributed by atoms with Gasteiger partial charge in [-0.15, -0.1) is 0 Å². The van der Waals surface area contributed by atoms with E-state index in [1.54, 1.807) is 6.08 Å². The van der Waals surface area contributed by atoms with Gasteiger partial charge < -0.3 is 15.4 Å². The summed E-state index contributed by atoms with van der Waals surface area (Å²) in [6.07, 6.45) is 3.26. The molecule has 7 nitrogen and oxygen atoms in total. The van der Waals surface area contributed by atoms with Gasteiger partial charge in [0.1, 0.15) is 5.75 Å². The summed E-state index contributed by atoms with van der Waals surface area (Å²) in [5, 5.41) is 15.9. The Morgan fingerprint density at radius 1 is 1.25 bits per heavy atom. The molecule has 0 fully saturated rings. The number of amides is 2. The number of benzene rings is 2. The fourth-order valence-electron chi connectivity index (χ4n) is 2.05. The minimum absolute atomic E-state index is 0.137. The van der Waals surface area contributed by atoms with Crippen LogP contribution in [0.4, 0.5) is 16.2 Å². The maximum absolute atomic E-state index is 11.9. The normalized spacial score (nSPS) is 10.4. The smallest absolute Gasteiger partial charge is 0.323 e. The molecular weight excluding hydrogens is 310 g/mol. The van der Waals surface area contributed by atoms with Crippen molar-refractivity contribution in [2.24, 2.45) is 0 Å². The lowest BCUT2D eigenvalue weighted by Crippen LogP contribution is -2.24. The van der Waals surface area contributed by atoms with E-state index in [9.17, 15) is 14.9 Å². The molecule has 0 bridgehead atoms. The summed E-state index contributed by atoms with van der Waals surface area (Å²) in [7, 11) is 1.42. The zero-order valence-electron chi connectivity index (χ0n) is 13.3. The van der Waals surface area contributed by atoms with Gasteiger partial charge in [-0.1, -0.05) is 24.3 Å². The predicted molar refractivity (Wildman–Crippen MR) is 92.0 cm³/mol. The highest BCUT2D eigenvalue weighted by Crippen LogP contribution is 2.28. The third-order valence-electron chi connectivity index (χ3n) is 3.31. The van der Waals surface area contributed by atoms with Crippen LogP contribution in [-0.2, 0) is 0 Å². The average Bonchev–Trinajstić information content (AvgIpc) is 2.56. The number of rotatable bonds is 5. The molecule has 0 aliphatic rings. The Balaban J connectivity index is 2.05. The lowest BCUT2D eigenvalue weighted by atomic mass is 10.1. The summed E-state index contributed by atoms with van der Waals surface area (Å²) in [5.41, 5.74) is 2.14. The van der Waals surface area contributed by atoms with Crippen molar-refractivity contribution in [3.63, 3.8) is 0 Å². The van der Waals surface area contributed by atoms with E-state index in [1.165, 1.54) is 31.5 Å². The molecule has 0 aliphatic heterocycles. The topological polar surface area (TPSA) is 93.5 Å². The predicted octanol–water partition coefficient (Wildman–Crippen LogP) is 3.70. The van der Waals surface area contributed by atoms with Gasteiger partial charge in [0, 0.05) is 18.3 Å². The molecule has 0 radical (unpaired) electrons. The summed E-state index contributed by atoms with van der Waals surface area (Å²) in [6, 6.07) is 11.2. The highest BCUT2D eigenvalue weighted by Gasteiger charge is 2.13. The summed E-state index contributed by atoms with van der Waals surface area (Å²) in [5.74, 6) is 0.332. The number of anilines is 1. The van der Waals surface area contributed by atoms with E-state index >= 15 is 0 Å². The van der Waals surface area contributed by atoms with Gasteiger partial charge in [-0.25, -0.2) is 4.79 Å². The largest absolute Gasteiger partial charge is 0.495 e. The van der Waals surface area contributed by atoms with Crippen LogP contribution >= 0.6 is 0 Å². The van der Waals surface area contributed by atoms with Crippen molar-refractivity contribution in [3.05, 3.63) is 69.9 Å². The number of hydrogen-bond donors (Lipinski definition) is 2. The van der Waals surface area contributed by atoms with Crippen molar-refractivity contribution in [1.29, 1.82) is 0 Å². The molecule has 0 aliphatic carbocycles. The fraction of sp³-hybridized carbons (Fsp3) is 0.118. The van der Waals surface area contributed by atoms with Gasteiger partial charge in [-0.05, 0) is 30.2 Å². The van der Waals surface area contributed by atoms with Crippen LogP contribution in [0.3, 0.4) is 0 Å².